The Kier molecular flexibility index (Phi) is 6.61. The summed E-state index contributed by atoms with van der Waals surface area (Å²) in [6, 6.07) is 14.7. The fraction of sp³-hybridized carbons (Fsp3) is 0.200. The lowest BCUT2D eigenvalue weighted by Gasteiger charge is -2.05. The molecule has 0 aliphatic rings. The number of anilines is 1. The predicted molar refractivity (Wildman–Crippen MR) is 97.3 cm³/mol. The third-order valence-electron chi connectivity index (χ3n) is 3.20. The van der Waals surface area contributed by atoms with Gasteiger partial charge in [0.15, 0.2) is 6.61 Å². The number of carbonyl (C=O) groups excluding carboxylic acids is 2. The average molecular weight is 336 g/mol. The lowest BCUT2D eigenvalue weighted by molar-refractivity contribution is -0.122. The number of hydrogen-bond acceptors (Lipinski definition) is 3. The van der Waals surface area contributed by atoms with Gasteiger partial charge in [-0.1, -0.05) is 29.5 Å². The zero-order valence-electron chi connectivity index (χ0n) is 14.3. The molecule has 5 heteroatoms. The van der Waals surface area contributed by atoms with Crippen LogP contribution in [0, 0.1) is 18.8 Å². The number of amides is 2. The van der Waals surface area contributed by atoms with Crippen molar-refractivity contribution in [3.8, 4) is 17.6 Å². The van der Waals surface area contributed by atoms with E-state index in [1.165, 1.54) is 6.92 Å². The normalized spacial score (nSPS) is 9.52. The fourth-order valence-electron chi connectivity index (χ4n) is 1.96. The second-order valence-electron chi connectivity index (χ2n) is 5.44. The van der Waals surface area contributed by atoms with Gasteiger partial charge in [-0.3, -0.25) is 9.59 Å². The Morgan fingerprint density at radius 3 is 2.36 bits per heavy atom. The average Bonchev–Trinajstić information content (AvgIpc) is 2.59. The minimum atomic E-state index is -0.226. The molecule has 5 nitrogen and oxygen atoms in total. The Hall–Kier alpha value is -3.26. The lowest BCUT2D eigenvalue weighted by Crippen LogP contribution is -2.29. The molecular formula is C20H20N2O3. The third-order valence-corrected chi connectivity index (χ3v) is 3.20. The van der Waals surface area contributed by atoms with Crippen molar-refractivity contribution < 1.29 is 14.3 Å². The molecule has 2 aromatic rings. The van der Waals surface area contributed by atoms with Crippen LogP contribution in [0.15, 0.2) is 48.5 Å². The lowest BCUT2D eigenvalue weighted by atomic mass is 10.2. The molecule has 0 heterocycles. The van der Waals surface area contributed by atoms with Gasteiger partial charge in [0.05, 0.1) is 6.54 Å². The first-order valence-corrected chi connectivity index (χ1v) is 7.85. The van der Waals surface area contributed by atoms with Crippen molar-refractivity contribution in [2.24, 2.45) is 0 Å². The molecule has 0 unspecified atom stereocenters. The molecule has 0 saturated heterocycles. The molecule has 0 aromatic heterocycles. The van der Waals surface area contributed by atoms with Gasteiger partial charge in [-0.15, -0.1) is 0 Å². The summed E-state index contributed by atoms with van der Waals surface area (Å²) >= 11 is 0. The van der Waals surface area contributed by atoms with Crippen LogP contribution < -0.4 is 15.4 Å². The first-order valence-electron chi connectivity index (χ1n) is 7.85. The van der Waals surface area contributed by atoms with E-state index in [2.05, 4.69) is 22.5 Å². The Bertz CT molecular complexity index is 784. The first-order chi connectivity index (χ1) is 12.0. The molecule has 0 spiro atoms. The Labute approximate surface area is 147 Å². The van der Waals surface area contributed by atoms with Gasteiger partial charge in [0, 0.05) is 18.2 Å². The van der Waals surface area contributed by atoms with Gasteiger partial charge in [-0.25, -0.2) is 0 Å². The molecule has 25 heavy (non-hydrogen) atoms. The third kappa shape index (κ3) is 6.80. The number of nitrogens with one attached hydrogen (secondary N) is 2. The molecule has 0 aliphatic heterocycles. The molecule has 2 aromatic carbocycles. The van der Waals surface area contributed by atoms with Crippen molar-refractivity contribution in [1.29, 1.82) is 0 Å². The van der Waals surface area contributed by atoms with Crippen molar-refractivity contribution in [1.82, 2.24) is 5.32 Å². The Morgan fingerprint density at radius 1 is 1.04 bits per heavy atom. The summed E-state index contributed by atoms with van der Waals surface area (Å²) in [6.45, 7) is 3.64. The van der Waals surface area contributed by atoms with E-state index in [4.69, 9.17) is 4.74 Å². The standard InChI is InChI=1S/C20H20N2O3/c1-15-5-11-19(12-6-15)25-14-20(24)21-13-3-4-17-7-9-18(10-8-17)22-16(2)23/h5-12H,13-14H2,1-2H3,(H,21,24)(H,22,23). The second kappa shape index (κ2) is 9.14. The number of aryl methyl sites for hydroxylation is 1. The molecule has 128 valence electrons. The highest BCUT2D eigenvalue weighted by Gasteiger charge is 2.01. The summed E-state index contributed by atoms with van der Waals surface area (Å²) in [4.78, 5) is 22.6. The van der Waals surface area contributed by atoms with Crippen molar-refractivity contribution in [3.63, 3.8) is 0 Å². The number of carbonyl (C=O) groups is 2. The summed E-state index contributed by atoms with van der Waals surface area (Å²) in [7, 11) is 0. The van der Waals surface area contributed by atoms with E-state index in [9.17, 15) is 9.59 Å². The van der Waals surface area contributed by atoms with E-state index in [0.717, 1.165) is 16.8 Å². The van der Waals surface area contributed by atoms with E-state index in [1.54, 1.807) is 24.3 Å². The minimum Gasteiger partial charge on any atom is -0.484 e. The molecule has 0 atom stereocenters. The van der Waals surface area contributed by atoms with Crippen molar-refractivity contribution in [3.05, 3.63) is 59.7 Å². The SMILES string of the molecule is CC(=O)Nc1ccc(C#CCNC(=O)COc2ccc(C)cc2)cc1. The van der Waals surface area contributed by atoms with Crippen molar-refractivity contribution >= 4 is 17.5 Å². The van der Waals surface area contributed by atoms with Crippen LogP contribution in [0.1, 0.15) is 18.1 Å². The van der Waals surface area contributed by atoms with E-state index in [-0.39, 0.29) is 25.0 Å². The summed E-state index contributed by atoms with van der Waals surface area (Å²) < 4.78 is 5.39. The number of hydrogen-bond donors (Lipinski definition) is 2. The smallest absolute Gasteiger partial charge is 0.258 e. The highest BCUT2D eigenvalue weighted by Crippen LogP contribution is 2.11. The highest BCUT2D eigenvalue weighted by molar-refractivity contribution is 5.88. The first kappa shape index (κ1) is 18.1. The van der Waals surface area contributed by atoms with E-state index >= 15 is 0 Å². The number of rotatable bonds is 5. The highest BCUT2D eigenvalue weighted by atomic mass is 16.5. The van der Waals surface area contributed by atoms with Crippen LogP contribution in [0.2, 0.25) is 0 Å². The van der Waals surface area contributed by atoms with E-state index in [0.29, 0.717) is 5.75 Å². The van der Waals surface area contributed by atoms with Gasteiger partial charge in [-0.2, -0.15) is 0 Å². The maximum Gasteiger partial charge on any atom is 0.258 e. The molecule has 0 aliphatic carbocycles. The van der Waals surface area contributed by atoms with Gasteiger partial charge in [0.25, 0.3) is 5.91 Å². The maximum absolute atomic E-state index is 11.7. The van der Waals surface area contributed by atoms with Crippen LogP contribution >= 0.6 is 0 Å². The van der Waals surface area contributed by atoms with Crippen LogP contribution in [0.25, 0.3) is 0 Å². The fourth-order valence-corrected chi connectivity index (χ4v) is 1.96. The van der Waals surface area contributed by atoms with Gasteiger partial charge in [0.1, 0.15) is 5.75 Å². The van der Waals surface area contributed by atoms with Gasteiger partial charge < -0.3 is 15.4 Å². The largest absolute Gasteiger partial charge is 0.484 e. The van der Waals surface area contributed by atoms with Crippen molar-refractivity contribution in [2.45, 2.75) is 13.8 Å². The molecule has 0 saturated carbocycles. The van der Waals surface area contributed by atoms with Crippen LogP contribution in [-0.2, 0) is 9.59 Å². The van der Waals surface area contributed by atoms with Crippen LogP contribution in [0.3, 0.4) is 0 Å². The Morgan fingerprint density at radius 2 is 1.72 bits per heavy atom. The molecule has 0 fully saturated rings. The molecule has 2 N–H and O–H groups in total. The van der Waals surface area contributed by atoms with E-state index in [1.807, 2.05) is 31.2 Å². The van der Waals surface area contributed by atoms with Crippen LogP contribution in [0.4, 0.5) is 5.69 Å². The quantitative estimate of drug-likeness (QED) is 0.825. The number of benzene rings is 2. The van der Waals surface area contributed by atoms with Gasteiger partial charge in [0.2, 0.25) is 5.91 Å². The van der Waals surface area contributed by atoms with E-state index < -0.39 is 0 Å². The topological polar surface area (TPSA) is 67.4 Å². The monoisotopic (exact) mass is 336 g/mol. The molecule has 0 radical (unpaired) electrons. The maximum atomic E-state index is 11.7. The molecule has 2 rings (SSSR count). The number of ether oxygens (including phenoxy) is 1. The summed E-state index contributed by atoms with van der Waals surface area (Å²) in [6.07, 6.45) is 0. The summed E-state index contributed by atoms with van der Waals surface area (Å²) in [5.74, 6) is 6.13. The van der Waals surface area contributed by atoms with Crippen LogP contribution in [-0.4, -0.2) is 25.0 Å². The molecule has 0 bridgehead atoms. The van der Waals surface area contributed by atoms with Gasteiger partial charge in [-0.05, 0) is 43.3 Å². The van der Waals surface area contributed by atoms with Crippen LogP contribution in [0.5, 0.6) is 5.75 Å². The molecule has 2 amide bonds. The van der Waals surface area contributed by atoms with Gasteiger partial charge >= 0.3 is 0 Å². The summed E-state index contributed by atoms with van der Waals surface area (Å²) in [5, 5.41) is 5.36. The minimum absolute atomic E-state index is 0.0455. The second-order valence-corrected chi connectivity index (χ2v) is 5.44. The Balaban J connectivity index is 1.73. The zero-order chi connectivity index (χ0) is 18.1. The zero-order valence-corrected chi connectivity index (χ0v) is 14.3. The predicted octanol–water partition coefficient (Wildman–Crippen LogP) is 2.50. The molecular weight excluding hydrogens is 316 g/mol. The van der Waals surface area contributed by atoms with Crippen molar-refractivity contribution in [2.75, 3.05) is 18.5 Å². The summed E-state index contributed by atoms with van der Waals surface area (Å²) in [5.41, 5.74) is 2.66.